The summed E-state index contributed by atoms with van der Waals surface area (Å²) < 4.78 is 5.25. The maximum absolute atomic E-state index is 12.3. The molecule has 1 heterocycles. The summed E-state index contributed by atoms with van der Waals surface area (Å²) in [5.74, 6) is -1.71. The van der Waals surface area contributed by atoms with Gasteiger partial charge in [0.05, 0.1) is 19.3 Å². The molecule has 1 aliphatic heterocycles. The number of aliphatic carboxylic acids is 1. The van der Waals surface area contributed by atoms with E-state index in [-0.39, 0.29) is 37.9 Å². The van der Waals surface area contributed by atoms with Crippen LogP contribution in [0.1, 0.15) is 26.7 Å². The minimum atomic E-state index is -1.01. The molecule has 2 amide bonds. The van der Waals surface area contributed by atoms with Gasteiger partial charge >= 0.3 is 5.97 Å². The van der Waals surface area contributed by atoms with E-state index in [0.29, 0.717) is 6.61 Å². The third kappa shape index (κ3) is 5.31. The van der Waals surface area contributed by atoms with Crippen molar-refractivity contribution in [3.05, 3.63) is 0 Å². The molecule has 1 fully saturated rings. The van der Waals surface area contributed by atoms with E-state index in [1.54, 1.807) is 0 Å². The Morgan fingerprint density at radius 2 is 2.10 bits per heavy atom. The SMILES string of the molecule is CC(C)NC(=O)C1COCCN1C(=O)C(N)CCC(=O)O. The molecule has 2 atom stereocenters. The minimum absolute atomic E-state index is 0.0444. The molecule has 0 bridgehead atoms. The Hall–Kier alpha value is -1.67. The van der Waals surface area contributed by atoms with Crippen molar-refractivity contribution in [1.82, 2.24) is 10.2 Å². The van der Waals surface area contributed by atoms with Crippen LogP contribution >= 0.6 is 0 Å². The van der Waals surface area contributed by atoms with Gasteiger partial charge < -0.3 is 25.8 Å². The predicted molar refractivity (Wildman–Crippen MR) is 74.4 cm³/mol. The summed E-state index contributed by atoms with van der Waals surface area (Å²) in [6.07, 6.45) is -0.135. The van der Waals surface area contributed by atoms with Crippen LogP contribution in [0, 0.1) is 0 Å². The average molecular weight is 301 g/mol. The van der Waals surface area contributed by atoms with Gasteiger partial charge in [0, 0.05) is 19.0 Å². The molecule has 1 saturated heterocycles. The van der Waals surface area contributed by atoms with Gasteiger partial charge in [0.2, 0.25) is 11.8 Å². The number of nitrogens with two attached hydrogens (primary N) is 1. The quantitative estimate of drug-likeness (QED) is 0.574. The van der Waals surface area contributed by atoms with Gasteiger partial charge in [-0.3, -0.25) is 14.4 Å². The van der Waals surface area contributed by atoms with E-state index in [9.17, 15) is 14.4 Å². The van der Waals surface area contributed by atoms with Crippen molar-refractivity contribution in [1.29, 1.82) is 0 Å². The second-order valence-electron chi connectivity index (χ2n) is 5.32. The summed E-state index contributed by atoms with van der Waals surface area (Å²) >= 11 is 0. The first-order valence-corrected chi connectivity index (χ1v) is 6.99. The fourth-order valence-corrected chi connectivity index (χ4v) is 2.08. The third-order valence-electron chi connectivity index (χ3n) is 3.13. The summed E-state index contributed by atoms with van der Waals surface area (Å²) in [5.41, 5.74) is 5.73. The van der Waals surface area contributed by atoms with Crippen LogP contribution in [-0.4, -0.2) is 65.7 Å². The van der Waals surface area contributed by atoms with Crippen molar-refractivity contribution in [3.63, 3.8) is 0 Å². The highest BCUT2D eigenvalue weighted by Crippen LogP contribution is 2.11. The van der Waals surface area contributed by atoms with Crippen molar-refractivity contribution < 1.29 is 24.2 Å². The van der Waals surface area contributed by atoms with E-state index in [1.165, 1.54) is 4.90 Å². The molecule has 4 N–H and O–H groups in total. The molecule has 0 spiro atoms. The van der Waals surface area contributed by atoms with Crippen molar-refractivity contribution >= 4 is 17.8 Å². The highest BCUT2D eigenvalue weighted by Gasteiger charge is 2.35. The number of nitrogens with zero attached hydrogens (tertiary/aromatic N) is 1. The Balaban J connectivity index is 2.69. The average Bonchev–Trinajstić information content (AvgIpc) is 2.43. The lowest BCUT2D eigenvalue weighted by molar-refractivity contribution is -0.150. The molecule has 0 aromatic rings. The summed E-state index contributed by atoms with van der Waals surface area (Å²) in [7, 11) is 0. The van der Waals surface area contributed by atoms with Crippen LogP contribution in [0.2, 0.25) is 0 Å². The third-order valence-corrected chi connectivity index (χ3v) is 3.13. The fraction of sp³-hybridized carbons (Fsp3) is 0.769. The number of amides is 2. The molecule has 0 aromatic heterocycles. The number of nitrogens with one attached hydrogen (secondary N) is 1. The van der Waals surface area contributed by atoms with Crippen LogP contribution in [0.3, 0.4) is 0 Å². The highest BCUT2D eigenvalue weighted by molar-refractivity contribution is 5.90. The van der Waals surface area contributed by atoms with Crippen LogP contribution in [0.5, 0.6) is 0 Å². The molecular formula is C13H23N3O5. The molecule has 2 unspecified atom stereocenters. The number of carbonyl (C=O) groups excluding carboxylic acids is 2. The zero-order valence-electron chi connectivity index (χ0n) is 12.4. The van der Waals surface area contributed by atoms with E-state index in [1.807, 2.05) is 13.8 Å². The molecule has 21 heavy (non-hydrogen) atoms. The minimum Gasteiger partial charge on any atom is -0.481 e. The summed E-state index contributed by atoms with van der Waals surface area (Å²) in [4.78, 5) is 36.3. The van der Waals surface area contributed by atoms with Crippen LogP contribution in [0.25, 0.3) is 0 Å². The number of rotatable bonds is 6. The Morgan fingerprint density at radius 3 is 2.67 bits per heavy atom. The lowest BCUT2D eigenvalue weighted by Gasteiger charge is -2.36. The second-order valence-corrected chi connectivity index (χ2v) is 5.32. The number of hydrogen-bond acceptors (Lipinski definition) is 5. The zero-order valence-corrected chi connectivity index (χ0v) is 12.4. The summed E-state index contributed by atoms with van der Waals surface area (Å²) in [5, 5.41) is 11.4. The van der Waals surface area contributed by atoms with Gasteiger partial charge in [-0.15, -0.1) is 0 Å². The summed E-state index contributed by atoms with van der Waals surface area (Å²) in [6, 6.07) is -1.69. The monoisotopic (exact) mass is 301 g/mol. The number of carbonyl (C=O) groups is 3. The van der Waals surface area contributed by atoms with Gasteiger partial charge in [0.25, 0.3) is 0 Å². The first-order valence-electron chi connectivity index (χ1n) is 6.99. The van der Waals surface area contributed by atoms with Gasteiger partial charge in [0.15, 0.2) is 0 Å². The normalized spacial score (nSPS) is 20.2. The van der Waals surface area contributed by atoms with E-state index >= 15 is 0 Å². The molecular weight excluding hydrogens is 278 g/mol. The van der Waals surface area contributed by atoms with Crippen LogP contribution in [-0.2, 0) is 19.1 Å². The summed E-state index contributed by atoms with van der Waals surface area (Å²) in [6.45, 7) is 4.38. The predicted octanol–water partition coefficient (Wildman–Crippen LogP) is -1.07. The van der Waals surface area contributed by atoms with Gasteiger partial charge in [0.1, 0.15) is 6.04 Å². The van der Waals surface area contributed by atoms with E-state index in [4.69, 9.17) is 15.6 Å². The maximum Gasteiger partial charge on any atom is 0.303 e. The van der Waals surface area contributed by atoms with Gasteiger partial charge in [-0.1, -0.05) is 0 Å². The van der Waals surface area contributed by atoms with Crippen molar-refractivity contribution in [3.8, 4) is 0 Å². The lowest BCUT2D eigenvalue weighted by Crippen LogP contribution is -2.59. The van der Waals surface area contributed by atoms with E-state index in [0.717, 1.165) is 0 Å². The van der Waals surface area contributed by atoms with Crippen molar-refractivity contribution in [2.75, 3.05) is 19.8 Å². The largest absolute Gasteiger partial charge is 0.481 e. The Labute approximate surface area is 123 Å². The Kier molecular flexibility index (Phi) is 6.57. The molecule has 0 aromatic carbocycles. The second kappa shape index (κ2) is 7.94. The zero-order chi connectivity index (χ0) is 16.0. The molecule has 0 saturated carbocycles. The topological polar surface area (TPSA) is 122 Å². The van der Waals surface area contributed by atoms with Gasteiger partial charge in [-0.25, -0.2) is 0 Å². The Morgan fingerprint density at radius 1 is 1.43 bits per heavy atom. The standard InChI is InChI=1S/C13H23N3O5/c1-8(2)15-12(19)10-7-21-6-5-16(10)13(20)9(14)3-4-11(17)18/h8-10H,3-7,14H2,1-2H3,(H,15,19)(H,17,18). The first-order chi connectivity index (χ1) is 9.82. The molecule has 1 aliphatic rings. The lowest BCUT2D eigenvalue weighted by atomic mass is 10.1. The molecule has 8 nitrogen and oxygen atoms in total. The molecule has 1 rings (SSSR count). The number of ether oxygens (including phenoxy) is 1. The van der Waals surface area contributed by atoms with E-state index < -0.39 is 24.0 Å². The number of carboxylic acid groups (broad SMARTS) is 1. The maximum atomic E-state index is 12.3. The van der Waals surface area contributed by atoms with Gasteiger partial charge in [-0.05, 0) is 20.3 Å². The smallest absolute Gasteiger partial charge is 0.303 e. The molecule has 0 radical (unpaired) electrons. The van der Waals surface area contributed by atoms with Crippen LogP contribution < -0.4 is 11.1 Å². The molecule has 0 aliphatic carbocycles. The Bertz CT molecular complexity index is 399. The molecule has 120 valence electrons. The molecule has 8 heteroatoms. The number of hydrogen-bond donors (Lipinski definition) is 3. The number of carboxylic acids is 1. The highest BCUT2D eigenvalue weighted by atomic mass is 16.5. The van der Waals surface area contributed by atoms with Crippen molar-refractivity contribution in [2.45, 2.75) is 44.8 Å². The van der Waals surface area contributed by atoms with Gasteiger partial charge in [-0.2, -0.15) is 0 Å². The van der Waals surface area contributed by atoms with Crippen LogP contribution in [0.15, 0.2) is 0 Å². The first kappa shape index (κ1) is 17.4. The van der Waals surface area contributed by atoms with Crippen LogP contribution in [0.4, 0.5) is 0 Å². The fourth-order valence-electron chi connectivity index (χ4n) is 2.08. The van der Waals surface area contributed by atoms with E-state index in [2.05, 4.69) is 5.32 Å². The number of morpholine rings is 1. The van der Waals surface area contributed by atoms with Crippen molar-refractivity contribution in [2.24, 2.45) is 5.73 Å².